The molecular formula is C23H23F7N4O3. The third kappa shape index (κ3) is 7.23. The van der Waals surface area contributed by atoms with E-state index < -0.39 is 47.7 Å². The maximum absolute atomic E-state index is 13.6. The van der Waals surface area contributed by atoms with Crippen molar-refractivity contribution in [2.45, 2.75) is 37.7 Å². The third-order valence-electron chi connectivity index (χ3n) is 5.74. The fraction of sp³-hybridized carbons (Fsp3) is 0.435. The average molecular weight is 536 g/mol. The molecule has 0 amide bonds. The van der Waals surface area contributed by atoms with Gasteiger partial charge in [0, 0.05) is 13.6 Å². The number of hydrogen-bond acceptors (Lipinski definition) is 6. The summed E-state index contributed by atoms with van der Waals surface area (Å²) in [6.07, 6.45) is -12.5. The molecule has 0 radical (unpaired) electrons. The van der Waals surface area contributed by atoms with Crippen molar-refractivity contribution in [3.8, 4) is 0 Å². The highest BCUT2D eigenvalue weighted by Crippen LogP contribution is 2.39. The topological polar surface area (TPSA) is 75.5 Å². The Morgan fingerprint density at radius 1 is 1.11 bits per heavy atom. The minimum Gasteiger partial charge on any atom is -0.349 e. The number of aliphatic imine (C=N–C) groups is 1. The number of amidine groups is 1. The number of nitrogens with one attached hydrogen (secondary N) is 1. The van der Waals surface area contributed by atoms with Crippen LogP contribution in [0.4, 0.5) is 30.7 Å². The maximum atomic E-state index is 13.6. The second-order valence-corrected chi connectivity index (χ2v) is 8.20. The van der Waals surface area contributed by atoms with E-state index in [0.717, 1.165) is 0 Å². The van der Waals surface area contributed by atoms with Gasteiger partial charge >= 0.3 is 12.4 Å². The molecule has 1 fully saturated rings. The summed E-state index contributed by atoms with van der Waals surface area (Å²) in [7, 11) is 1.42. The highest BCUT2D eigenvalue weighted by Gasteiger charge is 2.39. The number of rotatable bonds is 7. The molecule has 37 heavy (non-hydrogen) atoms. The molecule has 0 aliphatic carbocycles. The molecule has 3 atom stereocenters. The summed E-state index contributed by atoms with van der Waals surface area (Å²) in [4.78, 5) is 16.3. The van der Waals surface area contributed by atoms with Crippen LogP contribution in [0.3, 0.4) is 0 Å². The molecule has 2 aromatic rings. The summed E-state index contributed by atoms with van der Waals surface area (Å²) >= 11 is 0. The zero-order valence-electron chi connectivity index (χ0n) is 19.6. The van der Waals surface area contributed by atoms with Crippen molar-refractivity contribution in [3.63, 3.8) is 0 Å². The molecule has 14 heteroatoms. The van der Waals surface area contributed by atoms with Gasteiger partial charge in [-0.2, -0.15) is 26.3 Å². The van der Waals surface area contributed by atoms with Gasteiger partial charge in [-0.25, -0.2) is 9.82 Å². The Kier molecular flexibility index (Phi) is 8.87. The predicted octanol–water partition coefficient (Wildman–Crippen LogP) is 5.64. The molecule has 0 bridgehead atoms. The summed E-state index contributed by atoms with van der Waals surface area (Å²) in [5, 5.41) is 2.59. The smallest absolute Gasteiger partial charge is 0.349 e. The zero-order chi connectivity index (χ0) is 27.4. The number of morpholine rings is 1. The molecular weight excluding hydrogens is 513 g/mol. The molecule has 0 aromatic heterocycles. The van der Waals surface area contributed by atoms with Gasteiger partial charge in [-0.3, -0.25) is 9.89 Å². The lowest BCUT2D eigenvalue weighted by Crippen LogP contribution is -2.49. The average Bonchev–Trinajstić information content (AvgIpc) is 2.83. The molecule has 1 saturated heterocycles. The van der Waals surface area contributed by atoms with Crippen LogP contribution in [-0.4, -0.2) is 43.8 Å². The number of hydrogen-bond donors (Lipinski definition) is 1. The van der Waals surface area contributed by atoms with Crippen LogP contribution in [0.25, 0.3) is 0 Å². The first-order valence-corrected chi connectivity index (χ1v) is 10.9. The van der Waals surface area contributed by atoms with E-state index in [9.17, 15) is 35.6 Å². The molecule has 7 nitrogen and oxygen atoms in total. The Hall–Kier alpha value is -3.10. The van der Waals surface area contributed by atoms with Gasteiger partial charge in [0.2, 0.25) is 0 Å². The van der Waals surface area contributed by atoms with Crippen molar-refractivity contribution < 1.29 is 40.2 Å². The number of alkyl halides is 6. The SMILES string of the molecule is CN=C(CN1CCOC(O[C@H](C)c2cc(C(F)(F)F)cc(C(F)(F)F)c2)[C@@H]1c1ccc(F)cc1)NN=O. The van der Waals surface area contributed by atoms with E-state index in [4.69, 9.17) is 9.47 Å². The molecule has 1 N–H and O–H groups in total. The number of ether oxygens (including phenoxy) is 2. The van der Waals surface area contributed by atoms with Gasteiger partial charge in [0.05, 0.1) is 41.7 Å². The van der Waals surface area contributed by atoms with Crippen LogP contribution in [0.5, 0.6) is 0 Å². The summed E-state index contributed by atoms with van der Waals surface area (Å²) in [6, 6.07) is 5.71. The zero-order valence-corrected chi connectivity index (χ0v) is 19.6. The predicted molar refractivity (Wildman–Crippen MR) is 119 cm³/mol. The van der Waals surface area contributed by atoms with E-state index in [1.54, 1.807) is 4.90 Å². The highest BCUT2D eigenvalue weighted by atomic mass is 19.4. The number of nitroso groups, excluding NO2 is 1. The summed E-state index contributed by atoms with van der Waals surface area (Å²) in [5.74, 6) is -0.340. The quantitative estimate of drug-likeness (QED) is 0.163. The monoisotopic (exact) mass is 536 g/mol. The van der Waals surface area contributed by atoms with E-state index in [1.165, 1.54) is 38.2 Å². The minimum atomic E-state index is -5.01. The molecule has 0 saturated carbocycles. The molecule has 1 heterocycles. The van der Waals surface area contributed by atoms with Gasteiger partial charge in [0.1, 0.15) is 11.7 Å². The van der Waals surface area contributed by atoms with Crippen molar-refractivity contribution in [3.05, 3.63) is 75.4 Å². The molecule has 0 spiro atoms. The van der Waals surface area contributed by atoms with Crippen LogP contribution in [0, 0.1) is 10.7 Å². The van der Waals surface area contributed by atoms with Crippen molar-refractivity contribution in [2.75, 3.05) is 26.7 Å². The van der Waals surface area contributed by atoms with Gasteiger partial charge in [-0.15, -0.1) is 4.91 Å². The molecule has 1 aliphatic heterocycles. The highest BCUT2D eigenvalue weighted by molar-refractivity contribution is 5.83. The van der Waals surface area contributed by atoms with E-state index >= 15 is 0 Å². The third-order valence-corrected chi connectivity index (χ3v) is 5.74. The first kappa shape index (κ1) is 28.5. The Morgan fingerprint density at radius 2 is 1.70 bits per heavy atom. The normalized spacial score (nSPS) is 20.5. The number of nitrogens with zero attached hydrogens (tertiary/aromatic N) is 3. The molecule has 1 aliphatic rings. The standard InChI is InChI=1S/C23H23F7N4O3/c1-13(15-9-16(22(25,26)27)11-17(10-15)23(28,29)30)37-21-20(14-3-5-18(24)6-4-14)34(7-8-36-21)12-19(31-2)32-33-35/h3-6,9-11,13,20-21H,7-8,12H2,1-2H3,(H,31,32,35)/t13-,20+,21?/m1/s1. The van der Waals surface area contributed by atoms with Crippen LogP contribution < -0.4 is 5.43 Å². The minimum absolute atomic E-state index is 0.0378. The summed E-state index contributed by atoms with van der Waals surface area (Å²) in [5.41, 5.74) is -0.593. The van der Waals surface area contributed by atoms with Crippen molar-refractivity contribution in [1.29, 1.82) is 0 Å². The maximum Gasteiger partial charge on any atom is 0.416 e. The van der Waals surface area contributed by atoms with Crippen LogP contribution >= 0.6 is 0 Å². The first-order chi connectivity index (χ1) is 17.3. The largest absolute Gasteiger partial charge is 0.416 e. The fourth-order valence-electron chi connectivity index (χ4n) is 3.90. The summed E-state index contributed by atoms with van der Waals surface area (Å²) < 4.78 is 105. The van der Waals surface area contributed by atoms with Gasteiger partial charge in [0.15, 0.2) is 6.29 Å². The van der Waals surface area contributed by atoms with Gasteiger partial charge in [-0.05, 0) is 48.4 Å². The second-order valence-electron chi connectivity index (χ2n) is 8.20. The molecule has 3 rings (SSSR count). The first-order valence-electron chi connectivity index (χ1n) is 10.9. The van der Waals surface area contributed by atoms with Crippen LogP contribution in [0.2, 0.25) is 0 Å². The van der Waals surface area contributed by atoms with Crippen LogP contribution in [0.1, 0.15) is 41.3 Å². The molecule has 2 aromatic carbocycles. The second kappa shape index (κ2) is 11.5. The Morgan fingerprint density at radius 3 is 2.22 bits per heavy atom. The van der Waals surface area contributed by atoms with E-state index in [-0.39, 0.29) is 37.2 Å². The van der Waals surface area contributed by atoms with Crippen LogP contribution in [0.15, 0.2) is 52.7 Å². The number of halogens is 7. The Balaban J connectivity index is 1.96. The Labute approximate surface area is 207 Å². The van der Waals surface area contributed by atoms with E-state index in [1.807, 2.05) is 0 Å². The van der Waals surface area contributed by atoms with Gasteiger partial charge in [-0.1, -0.05) is 12.1 Å². The number of benzene rings is 2. The van der Waals surface area contributed by atoms with Crippen LogP contribution in [-0.2, 0) is 21.8 Å². The lowest BCUT2D eigenvalue weighted by atomic mass is 10.0. The fourth-order valence-corrected chi connectivity index (χ4v) is 3.90. The molecule has 202 valence electrons. The van der Waals surface area contributed by atoms with Crippen molar-refractivity contribution >= 4 is 5.84 Å². The Bertz CT molecular complexity index is 1070. The van der Waals surface area contributed by atoms with Gasteiger partial charge in [0.25, 0.3) is 0 Å². The summed E-state index contributed by atoms with van der Waals surface area (Å²) in [6.45, 7) is 1.72. The molecule has 1 unspecified atom stereocenters. The van der Waals surface area contributed by atoms with Crippen molar-refractivity contribution in [1.82, 2.24) is 10.3 Å². The van der Waals surface area contributed by atoms with E-state index in [2.05, 4.69) is 15.7 Å². The lowest BCUT2D eigenvalue weighted by Gasteiger charge is -2.42. The van der Waals surface area contributed by atoms with Crippen molar-refractivity contribution in [2.24, 2.45) is 10.3 Å². The lowest BCUT2D eigenvalue weighted by molar-refractivity contribution is -0.227. The van der Waals surface area contributed by atoms with E-state index in [0.29, 0.717) is 17.7 Å². The van der Waals surface area contributed by atoms with Gasteiger partial charge < -0.3 is 9.47 Å².